The third-order valence-corrected chi connectivity index (χ3v) is 4.84. The van der Waals surface area contributed by atoms with Crippen molar-refractivity contribution in [2.45, 2.75) is 45.6 Å². The quantitative estimate of drug-likeness (QED) is 0.781. The van der Waals surface area contributed by atoms with E-state index in [1.165, 1.54) is 32.4 Å². The Labute approximate surface area is 148 Å². The molecule has 0 unspecified atom stereocenters. The van der Waals surface area contributed by atoms with Crippen molar-refractivity contribution in [3.8, 4) is 11.3 Å². The molecule has 1 saturated heterocycles. The number of likely N-dealkylation sites (tertiary alicyclic amines) is 1. The van der Waals surface area contributed by atoms with Crippen LogP contribution in [-0.4, -0.2) is 56.9 Å². The van der Waals surface area contributed by atoms with Gasteiger partial charge in [0, 0.05) is 12.6 Å². The van der Waals surface area contributed by atoms with Gasteiger partial charge in [-0.2, -0.15) is 5.10 Å². The van der Waals surface area contributed by atoms with Crippen LogP contribution in [0.3, 0.4) is 0 Å². The molecule has 0 saturated carbocycles. The van der Waals surface area contributed by atoms with E-state index < -0.39 is 0 Å². The highest BCUT2D eigenvalue weighted by atomic mass is 16.5. The summed E-state index contributed by atoms with van der Waals surface area (Å²) in [7, 11) is 0. The normalized spacial score (nSPS) is 16.7. The van der Waals surface area contributed by atoms with E-state index in [-0.39, 0.29) is 5.97 Å². The first-order valence-electron chi connectivity index (χ1n) is 9.19. The Morgan fingerprint density at radius 1 is 1.28 bits per heavy atom. The first-order valence-corrected chi connectivity index (χ1v) is 9.19. The Morgan fingerprint density at radius 3 is 2.80 bits per heavy atom. The van der Waals surface area contributed by atoms with Gasteiger partial charge in [0.05, 0.1) is 36.6 Å². The Morgan fingerprint density at radius 2 is 2.08 bits per heavy atom. The summed E-state index contributed by atoms with van der Waals surface area (Å²) in [5, 5.41) is 6.81. The number of nitrogens with zero attached hydrogens (tertiary/aromatic N) is 4. The topological polar surface area (TPSA) is 76.0 Å². The van der Waals surface area contributed by atoms with Gasteiger partial charge in [0.1, 0.15) is 0 Å². The number of hydrogen-bond acceptors (Lipinski definition) is 5. The zero-order valence-electron chi connectivity index (χ0n) is 15.1. The highest BCUT2D eigenvalue weighted by molar-refractivity contribution is 5.94. The number of aromatic amines is 1. The number of esters is 1. The van der Waals surface area contributed by atoms with E-state index in [1.807, 2.05) is 6.33 Å². The van der Waals surface area contributed by atoms with Crippen LogP contribution in [0.4, 0.5) is 0 Å². The molecule has 1 atom stereocenters. The van der Waals surface area contributed by atoms with E-state index in [4.69, 9.17) is 4.74 Å². The summed E-state index contributed by atoms with van der Waals surface area (Å²) in [6.45, 7) is 7.67. The maximum atomic E-state index is 12.2. The number of carbonyl (C=O) groups is 1. The molecule has 0 amide bonds. The Bertz CT molecular complexity index is 687. The number of imidazole rings is 1. The van der Waals surface area contributed by atoms with Gasteiger partial charge in [-0.3, -0.25) is 5.10 Å². The van der Waals surface area contributed by atoms with Crippen molar-refractivity contribution in [2.24, 2.45) is 0 Å². The molecule has 1 fully saturated rings. The number of piperidine rings is 1. The van der Waals surface area contributed by atoms with Gasteiger partial charge >= 0.3 is 5.97 Å². The molecule has 1 aliphatic heterocycles. The standard InChI is InChI=1S/C18H27N5O2/c1-3-14(12-22-8-6-5-7-9-22)23-13-19-11-16(23)15-10-20-21-17(15)18(24)25-4-2/h10-11,13-14H,3-9,12H2,1-2H3,(H,20,21)/t14-/m1/s1. The molecule has 0 aliphatic carbocycles. The van der Waals surface area contributed by atoms with Crippen LogP contribution in [-0.2, 0) is 4.74 Å². The van der Waals surface area contributed by atoms with E-state index in [9.17, 15) is 4.79 Å². The molecule has 1 N–H and O–H groups in total. The largest absolute Gasteiger partial charge is 0.461 e. The minimum Gasteiger partial charge on any atom is -0.461 e. The fraction of sp³-hybridized carbons (Fsp3) is 0.611. The maximum absolute atomic E-state index is 12.2. The summed E-state index contributed by atoms with van der Waals surface area (Å²) in [5.74, 6) is -0.383. The molecule has 0 spiro atoms. The number of aromatic nitrogens is 4. The molecular formula is C18H27N5O2. The summed E-state index contributed by atoms with van der Waals surface area (Å²) < 4.78 is 7.29. The number of rotatable bonds is 7. The SMILES string of the molecule is CCOC(=O)c1[nH]ncc1-c1cncn1[C@H](CC)CN1CCCCC1. The van der Waals surface area contributed by atoms with Crippen molar-refractivity contribution in [3.63, 3.8) is 0 Å². The number of nitrogens with one attached hydrogen (secondary N) is 1. The molecule has 3 rings (SSSR count). The predicted octanol–water partition coefficient (Wildman–Crippen LogP) is 2.89. The van der Waals surface area contributed by atoms with Gasteiger partial charge in [-0.25, -0.2) is 9.78 Å². The lowest BCUT2D eigenvalue weighted by atomic mass is 10.1. The van der Waals surface area contributed by atoms with Gasteiger partial charge in [-0.15, -0.1) is 0 Å². The lowest BCUT2D eigenvalue weighted by Crippen LogP contribution is -2.35. The van der Waals surface area contributed by atoms with E-state index in [0.29, 0.717) is 18.3 Å². The monoisotopic (exact) mass is 345 g/mol. The third-order valence-electron chi connectivity index (χ3n) is 4.84. The molecule has 25 heavy (non-hydrogen) atoms. The van der Waals surface area contributed by atoms with Crippen molar-refractivity contribution in [3.05, 3.63) is 24.4 Å². The molecule has 7 nitrogen and oxygen atoms in total. The summed E-state index contributed by atoms with van der Waals surface area (Å²) in [6.07, 6.45) is 10.2. The lowest BCUT2D eigenvalue weighted by Gasteiger charge is -2.31. The molecular weight excluding hydrogens is 318 g/mol. The third kappa shape index (κ3) is 3.92. The van der Waals surface area contributed by atoms with Crippen molar-refractivity contribution in [1.29, 1.82) is 0 Å². The van der Waals surface area contributed by atoms with E-state index >= 15 is 0 Å². The van der Waals surface area contributed by atoms with E-state index in [2.05, 4.69) is 31.6 Å². The van der Waals surface area contributed by atoms with Crippen LogP contribution in [0.1, 0.15) is 56.1 Å². The second kappa shape index (κ2) is 8.29. The van der Waals surface area contributed by atoms with Crippen LogP contribution in [0.15, 0.2) is 18.7 Å². The molecule has 7 heteroatoms. The molecule has 0 aromatic carbocycles. The van der Waals surface area contributed by atoms with Gasteiger partial charge in [0.2, 0.25) is 0 Å². The van der Waals surface area contributed by atoms with E-state index in [1.54, 1.807) is 19.3 Å². The molecule has 0 radical (unpaired) electrons. The number of hydrogen-bond donors (Lipinski definition) is 1. The number of ether oxygens (including phenoxy) is 1. The van der Waals surface area contributed by atoms with Crippen molar-refractivity contribution < 1.29 is 9.53 Å². The van der Waals surface area contributed by atoms with Gasteiger partial charge < -0.3 is 14.2 Å². The molecule has 0 bridgehead atoms. The van der Waals surface area contributed by atoms with Crippen LogP contribution in [0, 0.1) is 0 Å². The molecule has 3 heterocycles. The van der Waals surface area contributed by atoms with Gasteiger partial charge in [-0.1, -0.05) is 13.3 Å². The summed E-state index contributed by atoms with van der Waals surface area (Å²) >= 11 is 0. The fourth-order valence-electron chi connectivity index (χ4n) is 3.50. The predicted molar refractivity (Wildman–Crippen MR) is 95.4 cm³/mol. The minimum absolute atomic E-state index is 0.320. The molecule has 2 aromatic rings. The van der Waals surface area contributed by atoms with Gasteiger partial charge in [0.25, 0.3) is 0 Å². The van der Waals surface area contributed by atoms with Crippen LogP contribution < -0.4 is 0 Å². The first-order chi connectivity index (χ1) is 12.2. The van der Waals surface area contributed by atoms with Crippen molar-refractivity contribution in [2.75, 3.05) is 26.2 Å². The second-order valence-electron chi connectivity index (χ2n) is 6.49. The van der Waals surface area contributed by atoms with Gasteiger partial charge in [-0.05, 0) is 39.3 Å². The fourth-order valence-corrected chi connectivity index (χ4v) is 3.50. The van der Waals surface area contributed by atoms with E-state index in [0.717, 1.165) is 24.2 Å². The minimum atomic E-state index is -0.383. The van der Waals surface area contributed by atoms with Crippen molar-refractivity contribution in [1.82, 2.24) is 24.6 Å². The lowest BCUT2D eigenvalue weighted by molar-refractivity contribution is 0.0520. The summed E-state index contributed by atoms with van der Waals surface area (Å²) in [6, 6.07) is 0.320. The van der Waals surface area contributed by atoms with Crippen LogP contribution in [0.25, 0.3) is 11.3 Å². The summed E-state index contributed by atoms with van der Waals surface area (Å²) in [4.78, 5) is 19.0. The second-order valence-corrected chi connectivity index (χ2v) is 6.49. The number of H-pyrrole nitrogens is 1. The zero-order valence-corrected chi connectivity index (χ0v) is 15.1. The highest BCUT2D eigenvalue weighted by Gasteiger charge is 2.23. The molecule has 136 valence electrons. The smallest absolute Gasteiger partial charge is 0.357 e. The summed E-state index contributed by atoms with van der Waals surface area (Å²) in [5.41, 5.74) is 2.03. The average Bonchev–Trinajstić information content (AvgIpc) is 3.29. The van der Waals surface area contributed by atoms with Crippen LogP contribution in [0.2, 0.25) is 0 Å². The maximum Gasteiger partial charge on any atom is 0.357 e. The van der Waals surface area contributed by atoms with Crippen molar-refractivity contribution >= 4 is 5.97 Å². The molecule has 2 aromatic heterocycles. The molecule has 1 aliphatic rings. The van der Waals surface area contributed by atoms with Crippen LogP contribution in [0.5, 0.6) is 0 Å². The zero-order chi connectivity index (χ0) is 17.6. The Kier molecular flexibility index (Phi) is 5.86. The Balaban J connectivity index is 1.84. The number of carbonyl (C=O) groups excluding carboxylic acids is 1. The van der Waals surface area contributed by atoms with Gasteiger partial charge in [0.15, 0.2) is 5.69 Å². The Hall–Kier alpha value is -2.15. The highest BCUT2D eigenvalue weighted by Crippen LogP contribution is 2.27. The first kappa shape index (κ1) is 17.7. The average molecular weight is 345 g/mol. The van der Waals surface area contributed by atoms with Crippen LogP contribution >= 0.6 is 0 Å².